The van der Waals surface area contributed by atoms with Gasteiger partial charge in [0.25, 0.3) is 5.91 Å². The van der Waals surface area contributed by atoms with Crippen LogP contribution in [0, 0.1) is 0 Å². The minimum Gasteiger partial charge on any atom is -0.478 e. The number of carboxylic acids is 1. The number of aromatic carboxylic acids is 1. The first kappa shape index (κ1) is 14.7. The van der Waals surface area contributed by atoms with Crippen molar-refractivity contribution < 1.29 is 14.7 Å². The Morgan fingerprint density at radius 2 is 2.09 bits per heavy atom. The van der Waals surface area contributed by atoms with Gasteiger partial charge in [-0.05, 0) is 6.07 Å². The maximum atomic E-state index is 12.4. The molecule has 1 amide bonds. The van der Waals surface area contributed by atoms with Crippen LogP contribution in [0.4, 0.5) is 0 Å². The van der Waals surface area contributed by atoms with Crippen molar-refractivity contribution in [1.82, 2.24) is 19.8 Å². The van der Waals surface area contributed by atoms with Crippen LogP contribution in [0.5, 0.6) is 0 Å². The van der Waals surface area contributed by atoms with Gasteiger partial charge in [-0.15, -0.1) is 11.3 Å². The maximum Gasteiger partial charge on any atom is 0.336 e. The van der Waals surface area contributed by atoms with E-state index in [1.165, 1.54) is 22.8 Å². The predicted octanol–water partition coefficient (Wildman–Crippen LogP) is 1.13. The van der Waals surface area contributed by atoms with Gasteiger partial charge in [0.15, 0.2) is 0 Å². The Morgan fingerprint density at radius 3 is 2.68 bits per heavy atom. The fraction of sp³-hybridized carbons (Fsp3) is 0.357. The molecule has 2 N–H and O–H groups in total. The molecule has 116 valence electrons. The molecule has 0 atom stereocenters. The van der Waals surface area contributed by atoms with Gasteiger partial charge in [-0.2, -0.15) is 0 Å². The molecule has 22 heavy (non-hydrogen) atoms. The molecular weight excluding hydrogens is 304 g/mol. The van der Waals surface area contributed by atoms with E-state index in [9.17, 15) is 9.59 Å². The normalized spacial score (nSPS) is 15.9. The lowest BCUT2D eigenvalue weighted by atomic mass is 10.2. The molecule has 0 unspecified atom stereocenters. The van der Waals surface area contributed by atoms with Gasteiger partial charge < -0.3 is 15.0 Å². The Hall–Kier alpha value is -2.19. The number of nitrogens with one attached hydrogen (secondary N) is 1. The minimum absolute atomic E-state index is 0.0878. The average molecular weight is 320 g/mol. The summed E-state index contributed by atoms with van der Waals surface area (Å²) >= 11 is 1.18. The lowest BCUT2D eigenvalue weighted by Crippen LogP contribution is -2.48. The van der Waals surface area contributed by atoms with Crippen LogP contribution in [-0.2, 0) is 6.54 Å². The molecule has 1 saturated heterocycles. The Bertz CT molecular complexity index is 659. The van der Waals surface area contributed by atoms with Gasteiger partial charge in [0.2, 0.25) is 0 Å². The number of piperazine rings is 1. The monoisotopic (exact) mass is 320 g/mol. The molecule has 1 aliphatic rings. The Labute approximate surface area is 131 Å². The summed E-state index contributed by atoms with van der Waals surface area (Å²) < 4.78 is 0. The molecule has 3 rings (SSSR count). The highest BCUT2D eigenvalue weighted by atomic mass is 32.1. The van der Waals surface area contributed by atoms with Crippen molar-refractivity contribution in [2.45, 2.75) is 6.54 Å². The molecule has 2 aromatic rings. The van der Waals surface area contributed by atoms with Crippen molar-refractivity contribution in [3.05, 3.63) is 40.1 Å². The predicted molar refractivity (Wildman–Crippen MR) is 81.0 cm³/mol. The van der Waals surface area contributed by atoms with Crippen molar-refractivity contribution in [2.24, 2.45) is 0 Å². The lowest BCUT2D eigenvalue weighted by Gasteiger charge is -2.34. The van der Waals surface area contributed by atoms with E-state index in [0.29, 0.717) is 18.0 Å². The zero-order valence-electron chi connectivity index (χ0n) is 11.9. The molecule has 2 aromatic heterocycles. The summed E-state index contributed by atoms with van der Waals surface area (Å²) in [6, 6.07) is 1.45. The van der Waals surface area contributed by atoms with Crippen molar-refractivity contribution in [3.63, 3.8) is 0 Å². The molecular formula is C14H16N4O3S. The fourth-order valence-corrected chi connectivity index (χ4v) is 3.27. The molecule has 0 spiro atoms. The highest BCUT2D eigenvalue weighted by molar-refractivity contribution is 7.12. The Kier molecular flexibility index (Phi) is 4.21. The van der Waals surface area contributed by atoms with E-state index < -0.39 is 5.97 Å². The van der Waals surface area contributed by atoms with Gasteiger partial charge in [-0.1, -0.05) is 0 Å². The molecule has 8 heteroatoms. The summed E-state index contributed by atoms with van der Waals surface area (Å²) in [7, 11) is 0. The molecule has 0 radical (unpaired) electrons. The number of H-pyrrole nitrogens is 1. The zero-order chi connectivity index (χ0) is 15.5. The minimum atomic E-state index is -1.00. The number of rotatable bonds is 4. The third-order valence-electron chi connectivity index (χ3n) is 3.64. The molecule has 7 nitrogen and oxygen atoms in total. The number of carbonyl (C=O) groups is 2. The first-order valence-corrected chi connectivity index (χ1v) is 7.83. The van der Waals surface area contributed by atoms with Gasteiger partial charge in [0.05, 0.1) is 17.0 Å². The summed E-state index contributed by atoms with van der Waals surface area (Å²) in [5, 5.41) is 10.4. The van der Waals surface area contributed by atoms with Crippen molar-refractivity contribution in [3.8, 4) is 0 Å². The first-order chi connectivity index (χ1) is 10.6. The van der Waals surface area contributed by atoms with Crippen LogP contribution in [-0.4, -0.2) is 62.9 Å². The van der Waals surface area contributed by atoms with Crippen LogP contribution in [0.25, 0.3) is 0 Å². The van der Waals surface area contributed by atoms with E-state index in [-0.39, 0.29) is 11.5 Å². The van der Waals surface area contributed by atoms with Gasteiger partial charge >= 0.3 is 5.97 Å². The van der Waals surface area contributed by atoms with Crippen LogP contribution in [0.1, 0.15) is 25.9 Å². The second kappa shape index (κ2) is 6.29. The largest absolute Gasteiger partial charge is 0.478 e. The quantitative estimate of drug-likeness (QED) is 0.881. The van der Waals surface area contributed by atoms with Crippen LogP contribution in [0.3, 0.4) is 0 Å². The van der Waals surface area contributed by atoms with Gasteiger partial charge in [0.1, 0.15) is 5.82 Å². The molecule has 3 heterocycles. The number of hydrogen-bond donors (Lipinski definition) is 2. The highest BCUT2D eigenvalue weighted by Gasteiger charge is 2.24. The third-order valence-corrected chi connectivity index (χ3v) is 4.56. The third kappa shape index (κ3) is 3.18. The van der Waals surface area contributed by atoms with E-state index in [4.69, 9.17) is 5.11 Å². The van der Waals surface area contributed by atoms with Crippen LogP contribution in [0.15, 0.2) is 23.8 Å². The Morgan fingerprint density at radius 1 is 1.32 bits per heavy atom. The van der Waals surface area contributed by atoms with Crippen molar-refractivity contribution in [2.75, 3.05) is 26.2 Å². The van der Waals surface area contributed by atoms with Crippen molar-refractivity contribution >= 4 is 23.2 Å². The van der Waals surface area contributed by atoms with E-state index in [0.717, 1.165) is 25.5 Å². The van der Waals surface area contributed by atoms with Gasteiger partial charge in [-0.3, -0.25) is 9.69 Å². The molecule has 0 bridgehead atoms. The highest BCUT2D eigenvalue weighted by Crippen LogP contribution is 2.18. The first-order valence-electron chi connectivity index (χ1n) is 6.95. The van der Waals surface area contributed by atoms with E-state index in [1.54, 1.807) is 17.3 Å². The SMILES string of the molecule is O=C(O)c1csc(C(=O)N2CCN(Cc3ncc[nH]3)CC2)c1. The van der Waals surface area contributed by atoms with Gasteiger partial charge in [0, 0.05) is 44.0 Å². The number of carbonyl (C=O) groups excluding carboxylic acids is 1. The van der Waals surface area contributed by atoms with Crippen molar-refractivity contribution in [1.29, 1.82) is 0 Å². The number of imidazole rings is 1. The fourth-order valence-electron chi connectivity index (χ4n) is 2.42. The molecule has 1 fully saturated rings. The number of amides is 1. The lowest BCUT2D eigenvalue weighted by molar-refractivity contribution is 0.0630. The summed E-state index contributed by atoms with van der Waals surface area (Å²) in [6.45, 7) is 3.59. The number of carboxylic acid groups (broad SMARTS) is 1. The van der Waals surface area contributed by atoms with E-state index in [2.05, 4.69) is 14.9 Å². The summed E-state index contributed by atoms with van der Waals surface area (Å²) in [6.07, 6.45) is 3.53. The number of aromatic amines is 1. The number of thiophene rings is 1. The zero-order valence-corrected chi connectivity index (χ0v) is 12.7. The van der Waals surface area contributed by atoms with Gasteiger partial charge in [-0.25, -0.2) is 9.78 Å². The number of nitrogens with zero attached hydrogens (tertiary/aromatic N) is 3. The van der Waals surface area contributed by atoms with Crippen LogP contribution in [0.2, 0.25) is 0 Å². The van der Waals surface area contributed by atoms with E-state index in [1.807, 2.05) is 0 Å². The molecule has 1 aliphatic heterocycles. The van der Waals surface area contributed by atoms with Crippen LogP contribution >= 0.6 is 11.3 Å². The summed E-state index contributed by atoms with van der Waals surface area (Å²) in [5.41, 5.74) is 0.171. The molecule has 0 aromatic carbocycles. The standard InChI is InChI=1S/C14H16N4O3S/c19-13(11-7-10(9-22-11)14(20)21)18-5-3-17(4-6-18)8-12-15-1-2-16-12/h1-2,7,9H,3-6,8H2,(H,15,16)(H,20,21). The molecule has 0 aliphatic carbocycles. The number of aromatic nitrogens is 2. The molecule has 0 saturated carbocycles. The van der Waals surface area contributed by atoms with E-state index >= 15 is 0 Å². The summed E-state index contributed by atoms with van der Waals surface area (Å²) in [5.74, 6) is -0.169. The van der Waals surface area contributed by atoms with Crippen LogP contribution < -0.4 is 0 Å². The topological polar surface area (TPSA) is 89.5 Å². The second-order valence-electron chi connectivity index (χ2n) is 5.11. The summed E-state index contributed by atoms with van der Waals surface area (Å²) in [4.78, 5) is 35.0. The smallest absolute Gasteiger partial charge is 0.336 e. The Balaban J connectivity index is 1.56. The second-order valence-corrected chi connectivity index (χ2v) is 6.02. The average Bonchev–Trinajstić information content (AvgIpc) is 3.18. The maximum absolute atomic E-state index is 12.4. The number of hydrogen-bond acceptors (Lipinski definition) is 5.